The summed E-state index contributed by atoms with van der Waals surface area (Å²) in [5.41, 5.74) is 4.56. The molecule has 0 spiro atoms. The van der Waals surface area contributed by atoms with Crippen molar-refractivity contribution in [3.8, 4) is 11.4 Å². The second-order valence-corrected chi connectivity index (χ2v) is 6.90. The van der Waals surface area contributed by atoms with Gasteiger partial charge in [-0.3, -0.25) is 4.79 Å². The number of fused-ring (bicyclic) bond motifs is 1. The molecule has 1 aliphatic rings. The van der Waals surface area contributed by atoms with Crippen molar-refractivity contribution in [2.45, 2.75) is 39.7 Å². The standard InChI is InChI=1S/C21H22N4O/c1-14-6-7-15(2)18(13-14)21(26)22-17-10-8-16(9-11-17)20-24-23-19-5-3-4-12-25(19)20/h6-11,13H,3-5,12H2,1-2H3,(H,22,26). The lowest BCUT2D eigenvalue weighted by Crippen LogP contribution is -2.13. The van der Waals surface area contributed by atoms with Gasteiger partial charge in [-0.1, -0.05) is 17.7 Å². The lowest BCUT2D eigenvalue weighted by molar-refractivity contribution is 0.102. The van der Waals surface area contributed by atoms with Crippen molar-refractivity contribution in [1.82, 2.24) is 14.8 Å². The van der Waals surface area contributed by atoms with E-state index in [2.05, 4.69) is 20.1 Å². The van der Waals surface area contributed by atoms with Crippen LogP contribution in [0.4, 0.5) is 5.69 Å². The van der Waals surface area contributed by atoms with E-state index in [0.717, 1.165) is 47.0 Å². The van der Waals surface area contributed by atoms with Crippen LogP contribution in [0.25, 0.3) is 11.4 Å². The summed E-state index contributed by atoms with van der Waals surface area (Å²) in [6.45, 7) is 4.92. The first-order valence-electron chi connectivity index (χ1n) is 9.03. The highest BCUT2D eigenvalue weighted by atomic mass is 16.1. The number of carbonyl (C=O) groups is 1. The molecule has 0 radical (unpaired) electrons. The van der Waals surface area contributed by atoms with Gasteiger partial charge < -0.3 is 9.88 Å². The van der Waals surface area contributed by atoms with Crippen LogP contribution in [-0.2, 0) is 13.0 Å². The summed E-state index contributed by atoms with van der Waals surface area (Å²) in [7, 11) is 0. The Hall–Kier alpha value is -2.95. The van der Waals surface area contributed by atoms with E-state index in [1.165, 1.54) is 12.8 Å². The summed E-state index contributed by atoms with van der Waals surface area (Å²) in [6.07, 6.45) is 3.35. The average molecular weight is 346 g/mol. The highest BCUT2D eigenvalue weighted by molar-refractivity contribution is 6.05. The Bertz CT molecular complexity index is 957. The second-order valence-electron chi connectivity index (χ2n) is 6.90. The molecule has 0 aliphatic carbocycles. The van der Waals surface area contributed by atoms with E-state index < -0.39 is 0 Å². The van der Waals surface area contributed by atoms with E-state index in [9.17, 15) is 4.79 Å². The van der Waals surface area contributed by atoms with Crippen LogP contribution in [0.1, 0.15) is 40.2 Å². The number of benzene rings is 2. The Morgan fingerprint density at radius 3 is 2.65 bits per heavy atom. The van der Waals surface area contributed by atoms with Crippen molar-refractivity contribution in [3.05, 3.63) is 65.0 Å². The summed E-state index contributed by atoms with van der Waals surface area (Å²) in [4.78, 5) is 12.6. The van der Waals surface area contributed by atoms with Crippen LogP contribution in [-0.4, -0.2) is 20.7 Å². The van der Waals surface area contributed by atoms with Gasteiger partial charge in [-0.05, 0) is 62.6 Å². The molecule has 5 nitrogen and oxygen atoms in total. The van der Waals surface area contributed by atoms with Gasteiger partial charge >= 0.3 is 0 Å². The smallest absolute Gasteiger partial charge is 0.255 e. The van der Waals surface area contributed by atoms with Crippen LogP contribution in [0.2, 0.25) is 0 Å². The fourth-order valence-corrected chi connectivity index (χ4v) is 3.40. The highest BCUT2D eigenvalue weighted by Crippen LogP contribution is 2.24. The molecule has 4 rings (SSSR count). The third-order valence-corrected chi connectivity index (χ3v) is 4.90. The zero-order chi connectivity index (χ0) is 18.1. The second kappa shape index (κ2) is 6.75. The molecule has 5 heteroatoms. The van der Waals surface area contributed by atoms with Gasteiger partial charge in [0, 0.05) is 29.8 Å². The molecule has 1 amide bonds. The molecule has 0 saturated carbocycles. The number of anilines is 1. The normalized spacial score (nSPS) is 13.3. The maximum absolute atomic E-state index is 12.6. The van der Waals surface area contributed by atoms with Gasteiger partial charge in [0.05, 0.1) is 0 Å². The van der Waals surface area contributed by atoms with Crippen LogP contribution >= 0.6 is 0 Å². The Morgan fingerprint density at radius 2 is 1.85 bits per heavy atom. The van der Waals surface area contributed by atoms with Gasteiger partial charge in [0.15, 0.2) is 5.82 Å². The van der Waals surface area contributed by atoms with Gasteiger partial charge in [0.25, 0.3) is 5.91 Å². The lowest BCUT2D eigenvalue weighted by Gasteiger charge is -2.15. The quantitative estimate of drug-likeness (QED) is 0.775. The van der Waals surface area contributed by atoms with E-state index in [0.29, 0.717) is 5.56 Å². The minimum absolute atomic E-state index is 0.0844. The molecule has 1 N–H and O–H groups in total. The summed E-state index contributed by atoms with van der Waals surface area (Å²) in [6, 6.07) is 13.7. The molecule has 26 heavy (non-hydrogen) atoms. The number of nitrogens with zero attached hydrogens (tertiary/aromatic N) is 3. The van der Waals surface area contributed by atoms with E-state index in [1.54, 1.807) is 0 Å². The first kappa shape index (κ1) is 16.5. The number of rotatable bonds is 3. The fraction of sp³-hybridized carbons (Fsp3) is 0.286. The third-order valence-electron chi connectivity index (χ3n) is 4.90. The van der Waals surface area contributed by atoms with Crippen molar-refractivity contribution in [1.29, 1.82) is 0 Å². The zero-order valence-corrected chi connectivity index (χ0v) is 15.1. The number of hydrogen-bond donors (Lipinski definition) is 1. The minimum atomic E-state index is -0.0844. The molecular weight excluding hydrogens is 324 g/mol. The molecule has 0 atom stereocenters. The third kappa shape index (κ3) is 3.12. The Balaban J connectivity index is 1.54. The van der Waals surface area contributed by atoms with Gasteiger partial charge in [0.2, 0.25) is 0 Å². The number of aryl methyl sites for hydroxylation is 3. The number of nitrogens with one attached hydrogen (secondary N) is 1. The molecule has 0 fully saturated rings. The topological polar surface area (TPSA) is 59.8 Å². The summed E-state index contributed by atoms with van der Waals surface area (Å²) < 4.78 is 2.20. The van der Waals surface area contributed by atoms with Crippen molar-refractivity contribution < 1.29 is 4.79 Å². The first-order chi connectivity index (χ1) is 12.6. The fourth-order valence-electron chi connectivity index (χ4n) is 3.40. The zero-order valence-electron chi connectivity index (χ0n) is 15.1. The van der Waals surface area contributed by atoms with E-state index >= 15 is 0 Å². The van der Waals surface area contributed by atoms with E-state index in [1.807, 2.05) is 56.3 Å². The summed E-state index contributed by atoms with van der Waals surface area (Å²) >= 11 is 0. The SMILES string of the molecule is Cc1ccc(C)c(C(=O)Nc2ccc(-c3nnc4n3CCCC4)cc2)c1. The molecule has 0 bridgehead atoms. The summed E-state index contributed by atoms with van der Waals surface area (Å²) in [5.74, 6) is 1.89. The first-order valence-corrected chi connectivity index (χ1v) is 9.03. The predicted molar refractivity (Wildman–Crippen MR) is 102 cm³/mol. The maximum atomic E-state index is 12.6. The largest absolute Gasteiger partial charge is 0.322 e. The molecule has 0 saturated heterocycles. The van der Waals surface area contributed by atoms with Crippen LogP contribution in [0, 0.1) is 13.8 Å². The van der Waals surface area contributed by atoms with Crippen molar-refractivity contribution in [2.24, 2.45) is 0 Å². The number of amides is 1. The Kier molecular flexibility index (Phi) is 4.29. The Labute approximate surface area is 153 Å². The number of carbonyl (C=O) groups excluding carboxylic acids is 1. The van der Waals surface area contributed by atoms with Crippen LogP contribution in [0.3, 0.4) is 0 Å². The van der Waals surface area contributed by atoms with Gasteiger partial charge in [-0.15, -0.1) is 10.2 Å². The van der Waals surface area contributed by atoms with Crippen molar-refractivity contribution in [2.75, 3.05) is 5.32 Å². The minimum Gasteiger partial charge on any atom is -0.322 e. The molecule has 1 aliphatic heterocycles. The van der Waals surface area contributed by atoms with Crippen LogP contribution in [0.15, 0.2) is 42.5 Å². The highest BCUT2D eigenvalue weighted by Gasteiger charge is 2.17. The van der Waals surface area contributed by atoms with E-state index in [4.69, 9.17) is 0 Å². The molecule has 1 aromatic heterocycles. The monoisotopic (exact) mass is 346 g/mol. The van der Waals surface area contributed by atoms with Gasteiger partial charge in [-0.2, -0.15) is 0 Å². The molecule has 2 heterocycles. The number of hydrogen-bond acceptors (Lipinski definition) is 3. The Morgan fingerprint density at radius 1 is 1.04 bits per heavy atom. The average Bonchev–Trinajstić information content (AvgIpc) is 3.08. The van der Waals surface area contributed by atoms with E-state index in [-0.39, 0.29) is 5.91 Å². The van der Waals surface area contributed by atoms with Crippen LogP contribution in [0.5, 0.6) is 0 Å². The molecular formula is C21H22N4O. The molecule has 3 aromatic rings. The molecule has 132 valence electrons. The molecule has 0 unspecified atom stereocenters. The maximum Gasteiger partial charge on any atom is 0.255 e. The molecule has 2 aromatic carbocycles. The predicted octanol–water partition coefficient (Wildman–Crippen LogP) is 4.15. The van der Waals surface area contributed by atoms with Gasteiger partial charge in [0.1, 0.15) is 5.82 Å². The number of aromatic nitrogens is 3. The van der Waals surface area contributed by atoms with Crippen molar-refractivity contribution in [3.63, 3.8) is 0 Å². The van der Waals surface area contributed by atoms with Crippen molar-refractivity contribution >= 4 is 11.6 Å². The summed E-state index contributed by atoms with van der Waals surface area (Å²) in [5, 5.41) is 11.6. The van der Waals surface area contributed by atoms with Crippen LogP contribution < -0.4 is 5.32 Å². The lowest BCUT2D eigenvalue weighted by atomic mass is 10.0. The van der Waals surface area contributed by atoms with Gasteiger partial charge in [-0.25, -0.2) is 0 Å².